The molecule has 0 spiro atoms. The van der Waals surface area contributed by atoms with E-state index >= 15 is 0 Å². The lowest BCUT2D eigenvalue weighted by Gasteiger charge is -2.34. The van der Waals surface area contributed by atoms with E-state index in [2.05, 4.69) is 22.0 Å². The number of nitrogens with zero attached hydrogens (tertiary/aromatic N) is 5. The van der Waals surface area contributed by atoms with Gasteiger partial charge in [0.05, 0.1) is 0 Å². The van der Waals surface area contributed by atoms with Crippen molar-refractivity contribution in [3.8, 4) is 5.69 Å². The van der Waals surface area contributed by atoms with Gasteiger partial charge >= 0.3 is 0 Å². The molecule has 1 amide bonds. The number of hydrogen-bond donors (Lipinski definition) is 0. The molecule has 1 aliphatic rings. The SMILES string of the molecule is CCN1CCN(C(=O)c2ccccc2CSc2nnc(C)n2-c2ccc(F)cc2)CC1. The van der Waals surface area contributed by atoms with Crippen LogP contribution in [0.3, 0.4) is 0 Å². The minimum Gasteiger partial charge on any atom is -0.336 e. The number of thioether (sulfide) groups is 1. The third-order valence-corrected chi connectivity index (χ3v) is 6.57. The molecule has 1 aliphatic heterocycles. The van der Waals surface area contributed by atoms with Crippen LogP contribution in [0.15, 0.2) is 53.7 Å². The van der Waals surface area contributed by atoms with Crippen LogP contribution >= 0.6 is 11.8 Å². The summed E-state index contributed by atoms with van der Waals surface area (Å²) in [5.41, 5.74) is 2.52. The number of aromatic nitrogens is 3. The Bertz CT molecular complexity index is 1040. The van der Waals surface area contributed by atoms with Gasteiger partial charge in [0.2, 0.25) is 0 Å². The minimum atomic E-state index is -0.282. The van der Waals surface area contributed by atoms with Gasteiger partial charge in [0.1, 0.15) is 11.6 Å². The molecule has 2 aromatic carbocycles. The summed E-state index contributed by atoms with van der Waals surface area (Å²) in [5.74, 6) is 1.13. The number of aryl methyl sites for hydroxylation is 1. The van der Waals surface area contributed by atoms with Gasteiger partial charge in [-0.3, -0.25) is 9.36 Å². The van der Waals surface area contributed by atoms with Gasteiger partial charge in [-0.25, -0.2) is 4.39 Å². The zero-order valence-corrected chi connectivity index (χ0v) is 18.6. The fourth-order valence-electron chi connectivity index (χ4n) is 3.76. The number of piperazine rings is 1. The van der Waals surface area contributed by atoms with E-state index in [1.165, 1.54) is 23.9 Å². The maximum absolute atomic E-state index is 13.3. The average Bonchev–Trinajstić information content (AvgIpc) is 3.18. The number of rotatable bonds is 6. The van der Waals surface area contributed by atoms with Gasteiger partial charge in [0.25, 0.3) is 5.91 Å². The lowest BCUT2D eigenvalue weighted by atomic mass is 10.1. The average molecular weight is 440 g/mol. The standard InChI is InChI=1S/C23H26FN5OS/c1-3-27-12-14-28(15-13-27)22(30)21-7-5-4-6-18(21)16-31-23-26-25-17(2)29(23)20-10-8-19(24)9-11-20/h4-11H,3,12-16H2,1-2H3. The number of likely N-dealkylation sites (N-methyl/N-ethyl adjacent to an activating group) is 1. The lowest BCUT2D eigenvalue weighted by molar-refractivity contribution is 0.0642. The molecule has 0 unspecified atom stereocenters. The summed E-state index contributed by atoms with van der Waals surface area (Å²) >= 11 is 1.52. The van der Waals surface area contributed by atoms with Crippen molar-refractivity contribution in [1.29, 1.82) is 0 Å². The number of hydrogen-bond acceptors (Lipinski definition) is 5. The first-order chi connectivity index (χ1) is 15.1. The second-order valence-electron chi connectivity index (χ2n) is 7.51. The summed E-state index contributed by atoms with van der Waals surface area (Å²) in [7, 11) is 0. The number of amides is 1. The van der Waals surface area contributed by atoms with Crippen molar-refractivity contribution in [1.82, 2.24) is 24.6 Å². The topological polar surface area (TPSA) is 54.3 Å². The third kappa shape index (κ3) is 4.80. The Balaban J connectivity index is 1.51. The predicted octanol–water partition coefficient (Wildman–Crippen LogP) is 3.78. The second-order valence-corrected chi connectivity index (χ2v) is 8.46. The molecule has 0 N–H and O–H groups in total. The summed E-state index contributed by atoms with van der Waals surface area (Å²) in [6, 6.07) is 14.0. The second kappa shape index (κ2) is 9.62. The molecule has 0 atom stereocenters. The normalized spacial score (nSPS) is 14.7. The molecule has 4 rings (SSSR count). The van der Waals surface area contributed by atoms with Crippen LogP contribution in [0.2, 0.25) is 0 Å². The number of benzene rings is 2. The molecule has 1 saturated heterocycles. The minimum absolute atomic E-state index is 0.0862. The van der Waals surface area contributed by atoms with Crippen molar-refractivity contribution in [3.05, 3.63) is 71.3 Å². The largest absolute Gasteiger partial charge is 0.336 e. The summed E-state index contributed by atoms with van der Waals surface area (Å²) in [6.45, 7) is 8.38. The molecule has 31 heavy (non-hydrogen) atoms. The van der Waals surface area contributed by atoms with Gasteiger partial charge in [-0.05, 0) is 49.4 Å². The van der Waals surface area contributed by atoms with Crippen molar-refractivity contribution in [2.75, 3.05) is 32.7 Å². The summed E-state index contributed by atoms with van der Waals surface area (Å²) in [4.78, 5) is 17.5. The van der Waals surface area contributed by atoms with Crippen LogP contribution in [-0.4, -0.2) is 63.2 Å². The van der Waals surface area contributed by atoms with Gasteiger partial charge in [-0.2, -0.15) is 0 Å². The van der Waals surface area contributed by atoms with Crippen LogP contribution in [0.5, 0.6) is 0 Å². The summed E-state index contributed by atoms with van der Waals surface area (Å²) in [6.07, 6.45) is 0. The highest BCUT2D eigenvalue weighted by molar-refractivity contribution is 7.98. The molecule has 0 radical (unpaired) electrons. The number of halogens is 1. The first-order valence-corrected chi connectivity index (χ1v) is 11.5. The maximum atomic E-state index is 13.3. The van der Waals surface area contributed by atoms with Gasteiger partial charge in [-0.1, -0.05) is 36.9 Å². The lowest BCUT2D eigenvalue weighted by Crippen LogP contribution is -2.48. The Morgan fingerprint density at radius 1 is 1.03 bits per heavy atom. The third-order valence-electron chi connectivity index (χ3n) is 5.59. The van der Waals surface area contributed by atoms with Crippen molar-refractivity contribution < 1.29 is 9.18 Å². The van der Waals surface area contributed by atoms with Crippen LogP contribution in [-0.2, 0) is 5.75 Å². The molecular formula is C23H26FN5OS. The molecule has 162 valence electrons. The molecule has 2 heterocycles. The molecule has 0 bridgehead atoms. The molecule has 1 aromatic heterocycles. The highest BCUT2D eigenvalue weighted by Gasteiger charge is 2.23. The van der Waals surface area contributed by atoms with Crippen molar-refractivity contribution in [3.63, 3.8) is 0 Å². The van der Waals surface area contributed by atoms with Gasteiger partial charge in [0, 0.05) is 43.2 Å². The van der Waals surface area contributed by atoms with E-state index in [1.807, 2.05) is 40.7 Å². The van der Waals surface area contributed by atoms with Crippen molar-refractivity contribution in [2.45, 2.75) is 24.8 Å². The van der Waals surface area contributed by atoms with E-state index in [1.54, 1.807) is 12.1 Å². The van der Waals surface area contributed by atoms with Crippen molar-refractivity contribution >= 4 is 17.7 Å². The monoisotopic (exact) mass is 439 g/mol. The van der Waals surface area contributed by atoms with Crippen LogP contribution in [0, 0.1) is 12.7 Å². The van der Waals surface area contributed by atoms with Crippen LogP contribution < -0.4 is 0 Å². The van der Waals surface area contributed by atoms with E-state index < -0.39 is 0 Å². The molecule has 0 aliphatic carbocycles. The van der Waals surface area contributed by atoms with Crippen molar-refractivity contribution in [2.24, 2.45) is 0 Å². The Hall–Kier alpha value is -2.71. The first-order valence-electron chi connectivity index (χ1n) is 10.5. The smallest absolute Gasteiger partial charge is 0.254 e. The van der Waals surface area contributed by atoms with Gasteiger partial charge in [0.15, 0.2) is 5.16 Å². The molecular weight excluding hydrogens is 413 g/mol. The number of carbonyl (C=O) groups excluding carboxylic acids is 1. The van der Waals surface area contributed by atoms with Crippen LogP contribution in [0.4, 0.5) is 4.39 Å². The Labute approximate surface area is 186 Å². The quantitative estimate of drug-likeness (QED) is 0.547. The van der Waals surface area contributed by atoms with E-state index in [-0.39, 0.29) is 11.7 Å². The van der Waals surface area contributed by atoms with E-state index in [4.69, 9.17) is 0 Å². The molecule has 6 nitrogen and oxygen atoms in total. The highest BCUT2D eigenvalue weighted by atomic mass is 32.2. The van der Waals surface area contributed by atoms with Crippen LogP contribution in [0.1, 0.15) is 28.7 Å². The fraction of sp³-hybridized carbons (Fsp3) is 0.348. The molecule has 8 heteroatoms. The molecule has 3 aromatic rings. The van der Waals surface area contributed by atoms with Crippen LogP contribution in [0.25, 0.3) is 5.69 Å². The number of carbonyl (C=O) groups is 1. The molecule has 0 saturated carbocycles. The predicted molar refractivity (Wildman–Crippen MR) is 120 cm³/mol. The fourth-order valence-corrected chi connectivity index (χ4v) is 4.76. The molecule has 1 fully saturated rings. The van der Waals surface area contributed by atoms with Gasteiger partial charge in [-0.15, -0.1) is 10.2 Å². The van der Waals surface area contributed by atoms with E-state index in [9.17, 15) is 9.18 Å². The summed E-state index contributed by atoms with van der Waals surface area (Å²) < 4.78 is 15.2. The maximum Gasteiger partial charge on any atom is 0.254 e. The van der Waals surface area contributed by atoms with E-state index in [0.717, 1.165) is 55.4 Å². The zero-order valence-electron chi connectivity index (χ0n) is 17.8. The Kier molecular flexibility index (Phi) is 6.67. The Morgan fingerprint density at radius 3 is 2.45 bits per heavy atom. The first kappa shape index (κ1) is 21.5. The Morgan fingerprint density at radius 2 is 1.74 bits per heavy atom. The van der Waals surface area contributed by atoms with E-state index in [0.29, 0.717) is 10.9 Å². The zero-order chi connectivity index (χ0) is 21.8. The highest BCUT2D eigenvalue weighted by Crippen LogP contribution is 2.27. The summed E-state index contributed by atoms with van der Waals surface area (Å²) in [5, 5.41) is 9.20. The van der Waals surface area contributed by atoms with Gasteiger partial charge < -0.3 is 9.80 Å².